The van der Waals surface area contributed by atoms with Gasteiger partial charge in [-0.05, 0) is 30.3 Å². The highest BCUT2D eigenvalue weighted by Crippen LogP contribution is 2.33. The lowest BCUT2D eigenvalue weighted by Crippen LogP contribution is -2.11. The number of hydrogen-bond acceptors (Lipinski definition) is 5. The molecule has 2 aromatic heterocycles. The summed E-state index contributed by atoms with van der Waals surface area (Å²) in [5.41, 5.74) is 1.98. The van der Waals surface area contributed by atoms with Crippen LogP contribution < -0.4 is 14.3 Å². The van der Waals surface area contributed by atoms with Gasteiger partial charge in [-0.1, -0.05) is 6.07 Å². The van der Waals surface area contributed by atoms with Gasteiger partial charge in [0, 0.05) is 24.2 Å². The van der Waals surface area contributed by atoms with Gasteiger partial charge in [-0.15, -0.1) is 11.3 Å². The summed E-state index contributed by atoms with van der Waals surface area (Å²) < 4.78 is 12.8. The lowest BCUT2D eigenvalue weighted by Gasteiger charge is -2.11. The SMILES string of the molecule is COc1ccc(OC)c(-c2cs/c(=N\c3ccccn3)n2C)c1. The molecule has 0 aliphatic heterocycles. The van der Waals surface area contributed by atoms with E-state index in [0.29, 0.717) is 5.82 Å². The Morgan fingerprint density at radius 3 is 2.70 bits per heavy atom. The minimum Gasteiger partial charge on any atom is -0.497 e. The maximum atomic E-state index is 5.47. The van der Waals surface area contributed by atoms with E-state index in [-0.39, 0.29) is 0 Å². The van der Waals surface area contributed by atoms with Crippen molar-refractivity contribution in [2.24, 2.45) is 12.0 Å². The fourth-order valence-electron chi connectivity index (χ4n) is 2.25. The van der Waals surface area contributed by atoms with Crippen molar-refractivity contribution in [3.63, 3.8) is 0 Å². The van der Waals surface area contributed by atoms with Gasteiger partial charge < -0.3 is 14.0 Å². The number of nitrogens with zero attached hydrogens (tertiary/aromatic N) is 3. The Morgan fingerprint density at radius 1 is 1.13 bits per heavy atom. The number of hydrogen-bond donors (Lipinski definition) is 0. The Hall–Kier alpha value is -2.60. The third-order valence-electron chi connectivity index (χ3n) is 3.47. The van der Waals surface area contributed by atoms with Crippen LogP contribution in [0, 0.1) is 0 Å². The van der Waals surface area contributed by atoms with E-state index in [9.17, 15) is 0 Å². The summed E-state index contributed by atoms with van der Waals surface area (Å²) in [5, 5.41) is 2.05. The summed E-state index contributed by atoms with van der Waals surface area (Å²) in [7, 11) is 5.30. The quantitative estimate of drug-likeness (QED) is 0.738. The molecule has 0 spiro atoms. The minimum absolute atomic E-state index is 0.689. The van der Waals surface area contributed by atoms with Crippen LogP contribution >= 0.6 is 11.3 Å². The van der Waals surface area contributed by atoms with Gasteiger partial charge in [0.1, 0.15) is 11.5 Å². The fraction of sp³-hybridized carbons (Fsp3) is 0.176. The second-order valence-electron chi connectivity index (χ2n) is 4.83. The van der Waals surface area contributed by atoms with Gasteiger partial charge in [-0.3, -0.25) is 0 Å². The average molecular weight is 327 g/mol. The van der Waals surface area contributed by atoms with E-state index in [4.69, 9.17) is 9.47 Å². The second kappa shape index (κ2) is 6.66. The van der Waals surface area contributed by atoms with Crippen molar-refractivity contribution in [1.29, 1.82) is 0 Å². The second-order valence-corrected chi connectivity index (χ2v) is 5.67. The van der Waals surface area contributed by atoms with Crippen LogP contribution in [0.3, 0.4) is 0 Å². The Bertz CT molecular complexity index is 869. The summed E-state index contributed by atoms with van der Waals surface area (Å²) in [6.45, 7) is 0. The molecule has 6 heteroatoms. The van der Waals surface area contributed by atoms with Crippen molar-refractivity contribution in [1.82, 2.24) is 9.55 Å². The van der Waals surface area contributed by atoms with Crippen molar-refractivity contribution >= 4 is 17.2 Å². The zero-order valence-electron chi connectivity index (χ0n) is 13.2. The van der Waals surface area contributed by atoms with Crippen molar-refractivity contribution in [2.75, 3.05) is 14.2 Å². The first kappa shape index (κ1) is 15.3. The molecule has 0 aliphatic carbocycles. The molecular weight excluding hydrogens is 310 g/mol. The third-order valence-corrected chi connectivity index (χ3v) is 4.38. The molecule has 5 nitrogen and oxygen atoms in total. The summed E-state index contributed by atoms with van der Waals surface area (Å²) in [4.78, 5) is 9.69. The van der Waals surface area contributed by atoms with Crippen molar-refractivity contribution < 1.29 is 9.47 Å². The van der Waals surface area contributed by atoms with Gasteiger partial charge in [0.15, 0.2) is 10.6 Å². The lowest BCUT2D eigenvalue weighted by molar-refractivity contribution is 0.404. The first-order valence-electron chi connectivity index (χ1n) is 7.05. The van der Waals surface area contributed by atoms with Crippen LogP contribution in [0.25, 0.3) is 11.3 Å². The molecule has 3 rings (SSSR count). The maximum Gasteiger partial charge on any atom is 0.191 e. The number of thiazole rings is 1. The van der Waals surface area contributed by atoms with Crippen LogP contribution in [0.4, 0.5) is 5.82 Å². The van der Waals surface area contributed by atoms with Crippen molar-refractivity contribution in [3.05, 3.63) is 52.8 Å². The van der Waals surface area contributed by atoms with Crippen LogP contribution in [0.15, 0.2) is 53.0 Å². The monoisotopic (exact) mass is 327 g/mol. The van der Waals surface area contributed by atoms with Crippen LogP contribution in [0.2, 0.25) is 0 Å². The first-order chi connectivity index (χ1) is 11.2. The Morgan fingerprint density at radius 2 is 2.00 bits per heavy atom. The lowest BCUT2D eigenvalue weighted by atomic mass is 10.1. The van der Waals surface area contributed by atoms with E-state index < -0.39 is 0 Å². The molecule has 0 atom stereocenters. The van der Waals surface area contributed by atoms with E-state index in [1.807, 2.05) is 48.0 Å². The molecule has 118 valence electrons. The van der Waals surface area contributed by atoms with Gasteiger partial charge >= 0.3 is 0 Å². The molecule has 0 saturated carbocycles. The van der Waals surface area contributed by atoms with Crippen LogP contribution in [0.1, 0.15) is 0 Å². The molecule has 0 radical (unpaired) electrons. The van der Waals surface area contributed by atoms with E-state index >= 15 is 0 Å². The van der Waals surface area contributed by atoms with Crippen molar-refractivity contribution in [2.45, 2.75) is 0 Å². The average Bonchev–Trinajstić information content (AvgIpc) is 2.96. The Balaban J connectivity index is 2.11. The molecule has 3 aromatic rings. The molecule has 0 amide bonds. The molecule has 0 aliphatic rings. The van der Waals surface area contributed by atoms with Crippen LogP contribution in [0.5, 0.6) is 11.5 Å². The Labute approximate surface area is 138 Å². The maximum absolute atomic E-state index is 5.47. The summed E-state index contributed by atoms with van der Waals surface area (Å²) in [6, 6.07) is 11.4. The number of ether oxygens (including phenoxy) is 2. The highest BCUT2D eigenvalue weighted by Gasteiger charge is 2.12. The molecule has 0 unspecified atom stereocenters. The predicted molar refractivity (Wildman–Crippen MR) is 91.3 cm³/mol. The largest absolute Gasteiger partial charge is 0.497 e. The zero-order chi connectivity index (χ0) is 16.2. The first-order valence-corrected chi connectivity index (χ1v) is 7.93. The molecule has 0 saturated heterocycles. The van der Waals surface area contributed by atoms with Gasteiger partial charge in [0.05, 0.1) is 19.9 Å². The molecule has 1 aromatic carbocycles. The third kappa shape index (κ3) is 3.12. The van der Waals surface area contributed by atoms with Crippen LogP contribution in [-0.2, 0) is 7.05 Å². The predicted octanol–water partition coefficient (Wildman–Crippen LogP) is 3.40. The molecule has 0 fully saturated rings. The zero-order valence-corrected chi connectivity index (χ0v) is 14.0. The van der Waals surface area contributed by atoms with E-state index in [2.05, 4.69) is 15.4 Å². The summed E-state index contributed by atoms with van der Waals surface area (Å²) in [5.74, 6) is 2.27. The number of rotatable bonds is 4. The number of methoxy groups -OCH3 is 2. The highest BCUT2D eigenvalue weighted by molar-refractivity contribution is 7.07. The topological polar surface area (TPSA) is 48.6 Å². The minimum atomic E-state index is 0.689. The van der Waals surface area contributed by atoms with Gasteiger partial charge in [0.2, 0.25) is 0 Å². The molecule has 0 N–H and O–H groups in total. The number of benzene rings is 1. The highest BCUT2D eigenvalue weighted by atomic mass is 32.1. The van der Waals surface area contributed by atoms with E-state index in [0.717, 1.165) is 27.6 Å². The smallest absolute Gasteiger partial charge is 0.191 e. The number of pyridine rings is 1. The van der Waals surface area contributed by atoms with Gasteiger partial charge in [-0.25, -0.2) is 9.98 Å². The van der Waals surface area contributed by atoms with Crippen LogP contribution in [-0.4, -0.2) is 23.8 Å². The van der Waals surface area contributed by atoms with E-state index in [1.165, 1.54) is 0 Å². The number of aromatic nitrogens is 2. The van der Waals surface area contributed by atoms with Crippen molar-refractivity contribution in [3.8, 4) is 22.8 Å². The molecule has 23 heavy (non-hydrogen) atoms. The molecule has 2 heterocycles. The normalized spacial score (nSPS) is 11.5. The van der Waals surface area contributed by atoms with Gasteiger partial charge in [0.25, 0.3) is 0 Å². The van der Waals surface area contributed by atoms with Gasteiger partial charge in [-0.2, -0.15) is 0 Å². The summed E-state index contributed by atoms with van der Waals surface area (Å²) >= 11 is 1.56. The molecular formula is C17H17N3O2S. The summed E-state index contributed by atoms with van der Waals surface area (Å²) in [6.07, 6.45) is 1.73. The standard InChI is InChI=1S/C17H17N3O2S/c1-20-14(13-10-12(21-2)7-8-15(13)22-3)11-23-17(20)19-16-6-4-5-9-18-16/h4-11H,1-3H3/b19-17-. The molecule has 0 bridgehead atoms. The fourth-order valence-corrected chi connectivity index (χ4v) is 3.15. The van der Waals surface area contributed by atoms with E-state index in [1.54, 1.807) is 31.8 Å². The Kier molecular flexibility index (Phi) is 4.43.